The number of hydrogen-bond donors (Lipinski definition) is 2. The molecule has 0 saturated heterocycles. The molecule has 0 heterocycles. The van der Waals surface area contributed by atoms with Crippen molar-refractivity contribution < 1.29 is 19.0 Å². The Morgan fingerprint density at radius 2 is 1.54 bits per heavy atom. The van der Waals surface area contributed by atoms with Crippen LogP contribution in [0.3, 0.4) is 0 Å². The Bertz CT molecular complexity index is 279. The maximum Gasteiger partial charge on any atom is 0.126 e. The summed E-state index contributed by atoms with van der Waals surface area (Å²) in [7, 11) is 0. The van der Waals surface area contributed by atoms with Crippen molar-refractivity contribution in [2.24, 2.45) is 0 Å². The molecular formula is C9H10F2O2. The van der Waals surface area contributed by atoms with Gasteiger partial charge in [-0.2, -0.15) is 0 Å². The number of aliphatic hydroxyl groups excluding tert-OH is 2. The van der Waals surface area contributed by atoms with Crippen molar-refractivity contribution in [2.75, 3.05) is 0 Å². The molecule has 0 fully saturated rings. The number of benzene rings is 1. The van der Waals surface area contributed by atoms with Crippen molar-refractivity contribution in [3.8, 4) is 0 Å². The van der Waals surface area contributed by atoms with Gasteiger partial charge in [0.2, 0.25) is 0 Å². The molecule has 0 amide bonds. The summed E-state index contributed by atoms with van der Waals surface area (Å²) >= 11 is 0. The van der Waals surface area contributed by atoms with Crippen LogP contribution in [0, 0.1) is 11.6 Å². The van der Waals surface area contributed by atoms with Crippen LogP contribution < -0.4 is 0 Å². The van der Waals surface area contributed by atoms with Crippen molar-refractivity contribution >= 4 is 0 Å². The summed E-state index contributed by atoms with van der Waals surface area (Å²) in [6, 6.07) is 2.68. The Kier molecular flexibility index (Phi) is 2.95. The zero-order chi connectivity index (χ0) is 10.0. The van der Waals surface area contributed by atoms with E-state index in [0.29, 0.717) is 6.07 Å². The van der Waals surface area contributed by atoms with E-state index < -0.39 is 23.8 Å². The SMILES string of the molecule is C[C@H](O)[C@@H](O)c1cc(F)cc(F)c1. The van der Waals surface area contributed by atoms with Crippen molar-refractivity contribution in [1.29, 1.82) is 0 Å². The summed E-state index contributed by atoms with van der Waals surface area (Å²) in [5.41, 5.74) is 0.0347. The molecule has 0 aliphatic rings. The van der Waals surface area contributed by atoms with Crippen LogP contribution in [-0.2, 0) is 0 Å². The first-order valence-electron chi connectivity index (χ1n) is 3.83. The van der Waals surface area contributed by atoms with E-state index in [1.165, 1.54) is 6.92 Å². The first kappa shape index (κ1) is 10.1. The topological polar surface area (TPSA) is 40.5 Å². The van der Waals surface area contributed by atoms with Gasteiger partial charge in [0.15, 0.2) is 0 Å². The summed E-state index contributed by atoms with van der Waals surface area (Å²) in [5.74, 6) is -1.54. The zero-order valence-corrected chi connectivity index (χ0v) is 7.04. The van der Waals surface area contributed by atoms with E-state index in [1.807, 2.05) is 0 Å². The molecular weight excluding hydrogens is 178 g/mol. The molecule has 0 aliphatic heterocycles. The second-order valence-corrected chi connectivity index (χ2v) is 2.89. The van der Waals surface area contributed by atoms with Crippen LogP contribution in [0.25, 0.3) is 0 Å². The second-order valence-electron chi connectivity index (χ2n) is 2.89. The molecule has 2 N–H and O–H groups in total. The summed E-state index contributed by atoms with van der Waals surface area (Å²) in [6.45, 7) is 1.34. The zero-order valence-electron chi connectivity index (χ0n) is 7.04. The molecule has 0 spiro atoms. The van der Waals surface area contributed by atoms with Gasteiger partial charge in [0, 0.05) is 6.07 Å². The van der Waals surface area contributed by atoms with Gasteiger partial charge < -0.3 is 10.2 Å². The van der Waals surface area contributed by atoms with Gasteiger partial charge in [-0.3, -0.25) is 0 Å². The first-order valence-corrected chi connectivity index (χ1v) is 3.83. The van der Waals surface area contributed by atoms with Crippen LogP contribution >= 0.6 is 0 Å². The van der Waals surface area contributed by atoms with E-state index in [4.69, 9.17) is 5.11 Å². The Balaban J connectivity index is 3.01. The smallest absolute Gasteiger partial charge is 0.126 e. The minimum atomic E-state index is -1.26. The molecule has 0 radical (unpaired) electrons. The average Bonchev–Trinajstić information content (AvgIpc) is 2.01. The molecule has 4 heteroatoms. The van der Waals surface area contributed by atoms with Gasteiger partial charge in [0.05, 0.1) is 6.10 Å². The van der Waals surface area contributed by atoms with Gasteiger partial charge in [-0.05, 0) is 24.6 Å². The number of rotatable bonds is 2. The van der Waals surface area contributed by atoms with Gasteiger partial charge in [0.1, 0.15) is 17.7 Å². The van der Waals surface area contributed by atoms with E-state index in [0.717, 1.165) is 12.1 Å². The van der Waals surface area contributed by atoms with Crippen LogP contribution in [0.4, 0.5) is 8.78 Å². The Morgan fingerprint density at radius 1 is 1.08 bits per heavy atom. The molecule has 0 aromatic heterocycles. The predicted molar refractivity (Wildman–Crippen MR) is 43.0 cm³/mol. The highest BCUT2D eigenvalue weighted by atomic mass is 19.1. The Labute approximate surface area is 74.4 Å². The van der Waals surface area contributed by atoms with Gasteiger partial charge in [-0.25, -0.2) is 8.78 Å². The fraction of sp³-hybridized carbons (Fsp3) is 0.333. The van der Waals surface area contributed by atoms with Gasteiger partial charge in [0.25, 0.3) is 0 Å². The molecule has 2 nitrogen and oxygen atoms in total. The normalized spacial score (nSPS) is 15.5. The predicted octanol–water partition coefficient (Wildman–Crippen LogP) is 1.38. The molecule has 0 bridgehead atoms. The minimum absolute atomic E-state index is 0.0347. The monoisotopic (exact) mass is 188 g/mol. The van der Waals surface area contributed by atoms with Crippen LogP contribution in [0.5, 0.6) is 0 Å². The van der Waals surface area contributed by atoms with Crippen LogP contribution in [0.2, 0.25) is 0 Å². The van der Waals surface area contributed by atoms with Gasteiger partial charge >= 0.3 is 0 Å². The molecule has 1 aromatic carbocycles. The second kappa shape index (κ2) is 3.81. The molecule has 0 aliphatic carbocycles. The standard InChI is InChI=1S/C9H10F2O2/c1-5(12)9(13)6-2-7(10)4-8(11)3-6/h2-5,9,12-13H,1H3/t5-,9+/m0/s1. The lowest BCUT2D eigenvalue weighted by atomic mass is 10.1. The quantitative estimate of drug-likeness (QED) is 0.736. The highest BCUT2D eigenvalue weighted by Gasteiger charge is 2.15. The highest BCUT2D eigenvalue weighted by molar-refractivity contribution is 5.20. The molecule has 1 rings (SSSR count). The van der Waals surface area contributed by atoms with Crippen LogP contribution in [0.15, 0.2) is 18.2 Å². The fourth-order valence-electron chi connectivity index (χ4n) is 1.02. The Hall–Kier alpha value is -1.00. The third-order valence-corrected chi connectivity index (χ3v) is 1.68. The molecule has 72 valence electrons. The largest absolute Gasteiger partial charge is 0.390 e. The Morgan fingerprint density at radius 3 is 1.92 bits per heavy atom. The maximum absolute atomic E-state index is 12.6. The van der Waals surface area contributed by atoms with Gasteiger partial charge in [-0.1, -0.05) is 0 Å². The van der Waals surface area contributed by atoms with E-state index in [9.17, 15) is 13.9 Å². The molecule has 0 unspecified atom stereocenters. The lowest BCUT2D eigenvalue weighted by Gasteiger charge is -2.13. The van der Waals surface area contributed by atoms with Crippen molar-refractivity contribution in [3.05, 3.63) is 35.4 Å². The summed E-state index contributed by atoms with van der Waals surface area (Å²) in [5, 5.41) is 18.2. The average molecular weight is 188 g/mol. The number of aliphatic hydroxyl groups is 2. The van der Waals surface area contributed by atoms with Crippen molar-refractivity contribution in [3.63, 3.8) is 0 Å². The molecule has 1 aromatic rings. The lowest BCUT2D eigenvalue weighted by Crippen LogP contribution is -2.14. The van der Waals surface area contributed by atoms with E-state index in [1.54, 1.807) is 0 Å². The highest BCUT2D eigenvalue weighted by Crippen LogP contribution is 2.18. The molecule has 13 heavy (non-hydrogen) atoms. The summed E-state index contributed by atoms with van der Waals surface area (Å²) in [4.78, 5) is 0. The van der Waals surface area contributed by atoms with Gasteiger partial charge in [-0.15, -0.1) is 0 Å². The first-order chi connectivity index (χ1) is 6.00. The third-order valence-electron chi connectivity index (χ3n) is 1.68. The fourth-order valence-corrected chi connectivity index (χ4v) is 1.02. The van der Waals surface area contributed by atoms with E-state index >= 15 is 0 Å². The van der Waals surface area contributed by atoms with Crippen LogP contribution in [0.1, 0.15) is 18.6 Å². The maximum atomic E-state index is 12.6. The molecule has 2 atom stereocenters. The molecule has 0 saturated carbocycles. The number of hydrogen-bond acceptors (Lipinski definition) is 2. The van der Waals surface area contributed by atoms with Crippen molar-refractivity contribution in [2.45, 2.75) is 19.1 Å². The van der Waals surface area contributed by atoms with Crippen molar-refractivity contribution in [1.82, 2.24) is 0 Å². The lowest BCUT2D eigenvalue weighted by molar-refractivity contribution is 0.0302. The van der Waals surface area contributed by atoms with E-state index in [-0.39, 0.29) is 5.56 Å². The summed E-state index contributed by atoms with van der Waals surface area (Å²) in [6.07, 6.45) is -2.31. The number of halogens is 2. The van der Waals surface area contributed by atoms with E-state index in [2.05, 4.69) is 0 Å². The minimum Gasteiger partial charge on any atom is -0.390 e. The summed E-state index contributed by atoms with van der Waals surface area (Å²) < 4.78 is 25.2. The third kappa shape index (κ3) is 2.47. The van der Waals surface area contributed by atoms with Crippen LogP contribution in [-0.4, -0.2) is 16.3 Å².